The molecule has 0 saturated heterocycles. The summed E-state index contributed by atoms with van der Waals surface area (Å²) in [6.07, 6.45) is 0. The average molecular weight is 188 g/mol. The molecule has 2 amide bonds. The highest BCUT2D eigenvalue weighted by Gasteiger charge is 2.25. The average Bonchev–Trinajstić information content (AvgIpc) is 2.02. The molecule has 6 nitrogen and oxygen atoms in total. The molecule has 0 fully saturated rings. The molecule has 0 bridgehead atoms. The Kier molecular flexibility index (Phi) is 4.03. The lowest BCUT2D eigenvalue weighted by molar-refractivity contribution is 0.235. The van der Waals surface area contributed by atoms with Crippen LogP contribution < -0.4 is 16.4 Å². The van der Waals surface area contributed by atoms with E-state index in [-0.39, 0.29) is 11.9 Å². The van der Waals surface area contributed by atoms with Crippen molar-refractivity contribution in [2.45, 2.75) is 26.3 Å². The van der Waals surface area contributed by atoms with Gasteiger partial charge < -0.3 is 21.6 Å². The zero-order valence-electron chi connectivity index (χ0n) is 8.09. The summed E-state index contributed by atoms with van der Waals surface area (Å²) < 4.78 is 0. The van der Waals surface area contributed by atoms with Crippen molar-refractivity contribution >= 4 is 11.9 Å². The topological polar surface area (TPSA) is 99.7 Å². The molecule has 13 heavy (non-hydrogen) atoms. The molecule has 0 aliphatic heterocycles. The number of rotatable bonds is 3. The number of hydrogen-bond donors (Lipinski definition) is 4. The van der Waals surface area contributed by atoms with Crippen molar-refractivity contribution in [3.63, 3.8) is 0 Å². The van der Waals surface area contributed by atoms with E-state index in [0.29, 0.717) is 6.54 Å². The van der Waals surface area contributed by atoms with Gasteiger partial charge in [-0.3, -0.25) is 0 Å². The number of amidine groups is 1. The molecule has 0 aliphatic carbocycles. The molecule has 0 aliphatic rings. The molecule has 0 heterocycles. The lowest BCUT2D eigenvalue weighted by atomic mass is 10.1. The van der Waals surface area contributed by atoms with Gasteiger partial charge in [-0.25, -0.2) is 4.79 Å². The minimum absolute atomic E-state index is 0.0428. The van der Waals surface area contributed by atoms with Gasteiger partial charge in [0.25, 0.3) is 0 Å². The quantitative estimate of drug-likeness (QED) is 0.214. The van der Waals surface area contributed by atoms with Crippen LogP contribution in [0.3, 0.4) is 0 Å². The van der Waals surface area contributed by atoms with Crippen molar-refractivity contribution in [1.29, 1.82) is 0 Å². The van der Waals surface area contributed by atoms with Crippen LogP contribution in [0.1, 0.15) is 20.8 Å². The van der Waals surface area contributed by atoms with Crippen molar-refractivity contribution in [3.8, 4) is 0 Å². The Hall–Kier alpha value is -1.46. The van der Waals surface area contributed by atoms with Gasteiger partial charge >= 0.3 is 6.03 Å². The maximum atomic E-state index is 11.1. The predicted octanol–water partition coefficient (Wildman–Crippen LogP) is -0.169. The molecule has 0 rings (SSSR count). The van der Waals surface area contributed by atoms with Crippen LogP contribution in [0, 0.1) is 0 Å². The van der Waals surface area contributed by atoms with Crippen LogP contribution in [-0.4, -0.2) is 29.2 Å². The maximum Gasteiger partial charge on any atom is 0.315 e. The summed E-state index contributed by atoms with van der Waals surface area (Å²) in [5.74, 6) is -0.0428. The standard InChI is InChI=1S/C7H16N4O2/c1-4-9-6(12)10-7(2,3)5(8)11-13/h13H,4H2,1-3H3,(H2,8,11)(H2,9,10,12). The third kappa shape index (κ3) is 3.64. The molecule has 5 N–H and O–H groups in total. The summed E-state index contributed by atoms with van der Waals surface area (Å²) in [5, 5.41) is 16.3. The van der Waals surface area contributed by atoms with Gasteiger partial charge in [0.2, 0.25) is 0 Å². The Morgan fingerprint density at radius 2 is 2.15 bits per heavy atom. The minimum Gasteiger partial charge on any atom is -0.409 e. The third-order valence-electron chi connectivity index (χ3n) is 1.51. The van der Waals surface area contributed by atoms with Gasteiger partial charge in [-0.15, -0.1) is 0 Å². The summed E-state index contributed by atoms with van der Waals surface area (Å²) in [6.45, 7) is 5.60. The number of amides is 2. The largest absolute Gasteiger partial charge is 0.409 e. The smallest absolute Gasteiger partial charge is 0.315 e. The van der Waals surface area contributed by atoms with Crippen molar-refractivity contribution in [2.75, 3.05) is 6.54 Å². The summed E-state index contributed by atoms with van der Waals surface area (Å²) in [4.78, 5) is 11.1. The summed E-state index contributed by atoms with van der Waals surface area (Å²) in [6, 6.07) is -0.348. The molecular formula is C7H16N4O2. The fraction of sp³-hybridized carbons (Fsp3) is 0.714. The zero-order valence-corrected chi connectivity index (χ0v) is 8.09. The van der Waals surface area contributed by atoms with Crippen LogP contribution in [0.4, 0.5) is 4.79 Å². The summed E-state index contributed by atoms with van der Waals surface area (Å²) in [7, 11) is 0. The van der Waals surface area contributed by atoms with Crippen molar-refractivity contribution in [2.24, 2.45) is 10.9 Å². The molecule has 0 aromatic heterocycles. The van der Waals surface area contributed by atoms with Crippen LogP contribution in [0.15, 0.2) is 5.16 Å². The van der Waals surface area contributed by atoms with Crippen LogP contribution in [0.25, 0.3) is 0 Å². The Balaban J connectivity index is 4.25. The highest BCUT2D eigenvalue weighted by atomic mass is 16.4. The van der Waals surface area contributed by atoms with E-state index in [2.05, 4.69) is 15.8 Å². The van der Waals surface area contributed by atoms with Gasteiger partial charge in [0, 0.05) is 6.54 Å². The monoisotopic (exact) mass is 188 g/mol. The molecule has 76 valence electrons. The molecule has 6 heteroatoms. The first-order valence-corrected chi connectivity index (χ1v) is 3.98. The van der Waals surface area contributed by atoms with Crippen LogP contribution in [-0.2, 0) is 0 Å². The molecule has 0 saturated carbocycles. The van der Waals surface area contributed by atoms with Crippen molar-refractivity contribution in [1.82, 2.24) is 10.6 Å². The van der Waals surface area contributed by atoms with Crippen LogP contribution in [0.5, 0.6) is 0 Å². The molecule has 0 atom stereocenters. The molecule has 0 spiro atoms. The Labute approximate surface area is 77.2 Å². The van der Waals surface area contributed by atoms with Crippen LogP contribution in [0.2, 0.25) is 0 Å². The fourth-order valence-electron chi connectivity index (χ4n) is 0.678. The van der Waals surface area contributed by atoms with E-state index in [1.54, 1.807) is 20.8 Å². The molecule has 0 unspecified atom stereocenters. The van der Waals surface area contributed by atoms with Crippen molar-refractivity contribution in [3.05, 3.63) is 0 Å². The van der Waals surface area contributed by atoms with Gasteiger partial charge in [0.1, 0.15) is 0 Å². The lowest BCUT2D eigenvalue weighted by Crippen LogP contribution is -2.55. The second-order valence-electron chi connectivity index (χ2n) is 3.09. The Bertz CT molecular complexity index is 213. The Morgan fingerprint density at radius 1 is 1.62 bits per heavy atom. The number of hydrogen-bond acceptors (Lipinski definition) is 3. The first kappa shape index (κ1) is 11.5. The molecule has 0 radical (unpaired) electrons. The van der Waals surface area contributed by atoms with E-state index in [1.165, 1.54) is 0 Å². The van der Waals surface area contributed by atoms with Crippen molar-refractivity contribution < 1.29 is 10.0 Å². The van der Waals surface area contributed by atoms with Crippen LogP contribution >= 0.6 is 0 Å². The number of nitrogens with one attached hydrogen (secondary N) is 2. The number of carbonyl (C=O) groups excluding carboxylic acids is 1. The van der Waals surface area contributed by atoms with E-state index >= 15 is 0 Å². The summed E-state index contributed by atoms with van der Waals surface area (Å²) >= 11 is 0. The number of nitrogens with zero attached hydrogens (tertiary/aromatic N) is 1. The minimum atomic E-state index is -0.853. The summed E-state index contributed by atoms with van der Waals surface area (Å²) in [5.41, 5.74) is 4.50. The first-order chi connectivity index (χ1) is 5.94. The normalized spacial score (nSPS) is 12.4. The van der Waals surface area contributed by atoms with Gasteiger partial charge in [0.05, 0.1) is 5.54 Å². The number of oxime groups is 1. The van der Waals surface area contributed by atoms with Gasteiger partial charge in [-0.2, -0.15) is 0 Å². The molecule has 0 aromatic rings. The second kappa shape index (κ2) is 4.54. The van der Waals surface area contributed by atoms with E-state index in [1.807, 2.05) is 0 Å². The molecule has 0 aromatic carbocycles. The number of nitrogens with two attached hydrogens (primary N) is 1. The number of carbonyl (C=O) groups is 1. The first-order valence-electron chi connectivity index (χ1n) is 3.98. The SMILES string of the molecule is CCNC(=O)NC(C)(C)/C(N)=N/O. The fourth-order valence-corrected chi connectivity index (χ4v) is 0.678. The van der Waals surface area contributed by atoms with E-state index in [9.17, 15) is 4.79 Å². The highest BCUT2D eigenvalue weighted by molar-refractivity contribution is 5.92. The van der Waals surface area contributed by atoms with Gasteiger partial charge in [-0.05, 0) is 20.8 Å². The van der Waals surface area contributed by atoms with Gasteiger partial charge in [-0.1, -0.05) is 5.16 Å². The highest BCUT2D eigenvalue weighted by Crippen LogP contribution is 2.00. The predicted molar refractivity (Wildman–Crippen MR) is 49.7 cm³/mol. The maximum absolute atomic E-state index is 11.1. The Morgan fingerprint density at radius 3 is 2.54 bits per heavy atom. The van der Waals surface area contributed by atoms with Gasteiger partial charge in [0.15, 0.2) is 5.84 Å². The van der Waals surface area contributed by atoms with E-state index < -0.39 is 5.54 Å². The second-order valence-corrected chi connectivity index (χ2v) is 3.09. The molecular weight excluding hydrogens is 172 g/mol. The number of urea groups is 1. The van der Waals surface area contributed by atoms with E-state index in [4.69, 9.17) is 10.9 Å². The lowest BCUT2D eigenvalue weighted by Gasteiger charge is -2.24. The third-order valence-corrected chi connectivity index (χ3v) is 1.51. The zero-order chi connectivity index (χ0) is 10.5. The van der Waals surface area contributed by atoms with E-state index in [0.717, 1.165) is 0 Å².